The molecule has 0 spiro atoms. The zero-order valence-corrected chi connectivity index (χ0v) is 12.2. The van der Waals surface area contributed by atoms with Crippen LogP contribution >= 0.6 is 11.6 Å². The highest BCUT2D eigenvalue weighted by molar-refractivity contribution is 6.30. The van der Waals surface area contributed by atoms with E-state index in [9.17, 15) is 5.26 Å². The van der Waals surface area contributed by atoms with E-state index in [1.807, 2.05) is 61.5 Å². The van der Waals surface area contributed by atoms with Gasteiger partial charge in [-0.3, -0.25) is 5.32 Å². The topological polar surface area (TPSA) is 35.8 Å². The van der Waals surface area contributed by atoms with Gasteiger partial charge in [-0.25, -0.2) is 0 Å². The second-order valence-electron chi connectivity index (χ2n) is 5.09. The van der Waals surface area contributed by atoms with E-state index in [1.165, 1.54) is 5.56 Å². The molecule has 0 bridgehead atoms. The SMILES string of the molecule is CC(C#N)(Cc1ccc(Cl)cc1)NCc1ccccc1. The molecule has 2 aromatic carbocycles. The largest absolute Gasteiger partial charge is 0.295 e. The average molecular weight is 285 g/mol. The van der Waals surface area contributed by atoms with Gasteiger partial charge in [0.1, 0.15) is 5.54 Å². The minimum absolute atomic E-state index is 0.594. The molecule has 0 heterocycles. The van der Waals surface area contributed by atoms with E-state index >= 15 is 0 Å². The monoisotopic (exact) mass is 284 g/mol. The van der Waals surface area contributed by atoms with Crippen molar-refractivity contribution in [3.8, 4) is 6.07 Å². The summed E-state index contributed by atoms with van der Waals surface area (Å²) in [5, 5.41) is 13.5. The number of hydrogen-bond acceptors (Lipinski definition) is 2. The Morgan fingerprint density at radius 3 is 2.30 bits per heavy atom. The van der Waals surface area contributed by atoms with Crippen molar-refractivity contribution >= 4 is 11.6 Å². The number of halogens is 1. The Labute approximate surface area is 125 Å². The van der Waals surface area contributed by atoms with Crippen molar-refractivity contribution < 1.29 is 0 Å². The molecule has 20 heavy (non-hydrogen) atoms. The Morgan fingerprint density at radius 2 is 1.70 bits per heavy atom. The van der Waals surface area contributed by atoms with Gasteiger partial charge in [-0.1, -0.05) is 54.1 Å². The van der Waals surface area contributed by atoms with E-state index in [1.54, 1.807) is 0 Å². The van der Waals surface area contributed by atoms with Gasteiger partial charge in [-0.2, -0.15) is 5.26 Å². The van der Waals surface area contributed by atoms with Crippen molar-refractivity contribution in [2.75, 3.05) is 0 Å². The molecular formula is C17H17ClN2. The summed E-state index contributed by atoms with van der Waals surface area (Å²) < 4.78 is 0. The third-order valence-corrected chi connectivity index (χ3v) is 3.50. The first-order valence-electron chi connectivity index (χ1n) is 6.56. The summed E-state index contributed by atoms with van der Waals surface area (Å²) in [6, 6.07) is 20.1. The van der Waals surface area contributed by atoms with Crippen LogP contribution in [0.1, 0.15) is 18.1 Å². The Morgan fingerprint density at radius 1 is 1.05 bits per heavy atom. The minimum Gasteiger partial charge on any atom is -0.295 e. The molecule has 0 fully saturated rings. The van der Waals surface area contributed by atoms with E-state index in [0.717, 1.165) is 5.56 Å². The second-order valence-corrected chi connectivity index (χ2v) is 5.52. The standard InChI is InChI=1S/C17H17ClN2/c1-17(13-19,11-14-7-9-16(18)10-8-14)20-12-15-5-3-2-4-6-15/h2-10,20H,11-12H2,1H3. The Balaban J connectivity index is 2.02. The quantitative estimate of drug-likeness (QED) is 0.902. The molecule has 1 atom stereocenters. The average Bonchev–Trinajstić information content (AvgIpc) is 2.49. The van der Waals surface area contributed by atoms with E-state index in [2.05, 4.69) is 11.4 Å². The molecule has 0 saturated heterocycles. The maximum atomic E-state index is 9.44. The van der Waals surface area contributed by atoms with Crippen molar-refractivity contribution in [3.63, 3.8) is 0 Å². The lowest BCUT2D eigenvalue weighted by Crippen LogP contribution is -2.42. The number of rotatable bonds is 5. The Kier molecular flexibility index (Phi) is 4.79. The van der Waals surface area contributed by atoms with Crippen molar-refractivity contribution in [2.45, 2.75) is 25.4 Å². The number of hydrogen-bond donors (Lipinski definition) is 1. The molecule has 1 unspecified atom stereocenters. The summed E-state index contributed by atoms with van der Waals surface area (Å²) in [6.07, 6.45) is 0.646. The Bertz CT molecular complexity index is 587. The number of nitrogens with one attached hydrogen (secondary N) is 1. The first-order valence-corrected chi connectivity index (χ1v) is 6.94. The minimum atomic E-state index is -0.594. The molecule has 0 aliphatic carbocycles. The van der Waals surface area contributed by atoms with Crippen molar-refractivity contribution in [1.29, 1.82) is 5.26 Å². The molecule has 2 aromatic rings. The molecule has 0 amide bonds. The molecule has 2 nitrogen and oxygen atoms in total. The van der Waals surface area contributed by atoms with E-state index in [0.29, 0.717) is 18.0 Å². The highest BCUT2D eigenvalue weighted by Gasteiger charge is 2.23. The van der Waals surface area contributed by atoms with E-state index in [-0.39, 0.29) is 0 Å². The summed E-state index contributed by atoms with van der Waals surface area (Å²) in [4.78, 5) is 0. The molecule has 0 aliphatic rings. The predicted molar refractivity (Wildman–Crippen MR) is 82.5 cm³/mol. The fourth-order valence-electron chi connectivity index (χ4n) is 2.05. The lowest BCUT2D eigenvalue weighted by atomic mass is 9.94. The van der Waals surface area contributed by atoms with Crippen molar-refractivity contribution in [1.82, 2.24) is 5.32 Å². The van der Waals surface area contributed by atoms with Gasteiger partial charge in [0.25, 0.3) is 0 Å². The fraction of sp³-hybridized carbons (Fsp3) is 0.235. The van der Waals surface area contributed by atoms with Gasteiger partial charge in [-0.05, 0) is 30.2 Å². The van der Waals surface area contributed by atoms with Crippen LogP contribution in [0, 0.1) is 11.3 Å². The van der Waals surface area contributed by atoms with Crippen molar-refractivity contribution in [3.05, 3.63) is 70.7 Å². The zero-order chi connectivity index (χ0) is 14.4. The van der Waals surface area contributed by atoms with Gasteiger partial charge in [0.2, 0.25) is 0 Å². The lowest BCUT2D eigenvalue weighted by Gasteiger charge is -2.23. The molecular weight excluding hydrogens is 268 g/mol. The van der Waals surface area contributed by atoms with Gasteiger partial charge in [0, 0.05) is 18.0 Å². The molecule has 0 aliphatic heterocycles. The first-order chi connectivity index (χ1) is 9.61. The maximum absolute atomic E-state index is 9.44. The molecule has 102 valence electrons. The molecule has 0 saturated carbocycles. The molecule has 1 N–H and O–H groups in total. The summed E-state index contributed by atoms with van der Waals surface area (Å²) in [5.41, 5.74) is 1.67. The molecule has 3 heteroatoms. The maximum Gasteiger partial charge on any atom is 0.108 e. The van der Waals surface area contributed by atoms with Gasteiger partial charge in [0.05, 0.1) is 6.07 Å². The summed E-state index contributed by atoms with van der Waals surface area (Å²) in [7, 11) is 0. The highest BCUT2D eigenvalue weighted by atomic mass is 35.5. The third kappa shape index (κ3) is 4.09. The van der Waals surface area contributed by atoms with Crippen LogP contribution in [0.4, 0.5) is 0 Å². The van der Waals surface area contributed by atoms with Crippen LogP contribution < -0.4 is 5.32 Å². The summed E-state index contributed by atoms with van der Waals surface area (Å²) in [6.45, 7) is 2.60. The van der Waals surface area contributed by atoms with E-state index < -0.39 is 5.54 Å². The fourth-order valence-corrected chi connectivity index (χ4v) is 2.17. The van der Waals surface area contributed by atoms with Crippen LogP contribution in [0.3, 0.4) is 0 Å². The van der Waals surface area contributed by atoms with Gasteiger partial charge < -0.3 is 0 Å². The molecule has 0 radical (unpaired) electrons. The van der Waals surface area contributed by atoms with Gasteiger partial charge in [-0.15, -0.1) is 0 Å². The van der Waals surface area contributed by atoms with Crippen molar-refractivity contribution in [2.24, 2.45) is 0 Å². The molecule has 2 rings (SSSR count). The number of benzene rings is 2. The second kappa shape index (κ2) is 6.56. The van der Waals surface area contributed by atoms with E-state index in [4.69, 9.17) is 11.6 Å². The lowest BCUT2D eigenvalue weighted by molar-refractivity contribution is 0.443. The Hall–Kier alpha value is -1.82. The normalized spacial score (nSPS) is 13.4. The zero-order valence-electron chi connectivity index (χ0n) is 11.4. The van der Waals surface area contributed by atoms with Crippen LogP contribution in [0.2, 0.25) is 5.02 Å². The van der Waals surface area contributed by atoms with Crippen LogP contribution in [-0.2, 0) is 13.0 Å². The number of nitrogens with zero attached hydrogens (tertiary/aromatic N) is 1. The highest BCUT2D eigenvalue weighted by Crippen LogP contribution is 2.16. The first kappa shape index (κ1) is 14.6. The van der Waals surface area contributed by atoms with Gasteiger partial charge >= 0.3 is 0 Å². The molecule has 0 aromatic heterocycles. The van der Waals surface area contributed by atoms with Crippen LogP contribution in [0.25, 0.3) is 0 Å². The van der Waals surface area contributed by atoms with Gasteiger partial charge in [0.15, 0.2) is 0 Å². The number of nitriles is 1. The van der Waals surface area contributed by atoms with Crippen LogP contribution in [-0.4, -0.2) is 5.54 Å². The summed E-state index contributed by atoms with van der Waals surface area (Å²) in [5.74, 6) is 0. The summed E-state index contributed by atoms with van der Waals surface area (Å²) >= 11 is 5.88. The predicted octanol–water partition coefficient (Wildman–Crippen LogP) is 3.95. The smallest absolute Gasteiger partial charge is 0.108 e. The third-order valence-electron chi connectivity index (χ3n) is 3.24. The van der Waals surface area contributed by atoms with Crippen LogP contribution in [0.15, 0.2) is 54.6 Å². The van der Waals surface area contributed by atoms with Crippen LogP contribution in [0.5, 0.6) is 0 Å².